The predicted octanol–water partition coefficient (Wildman–Crippen LogP) is 5.43. The Morgan fingerprint density at radius 1 is 1.11 bits per heavy atom. The molecule has 1 aliphatic rings. The maximum atomic E-state index is 13.0. The molecule has 0 unspecified atom stereocenters. The first-order valence-electron chi connectivity index (χ1n) is 12.8. The minimum absolute atomic E-state index is 0.0678. The molecule has 0 radical (unpaired) electrons. The van der Waals surface area contributed by atoms with Crippen molar-refractivity contribution in [2.24, 2.45) is 0 Å². The van der Waals surface area contributed by atoms with Gasteiger partial charge in [-0.05, 0) is 56.5 Å². The molecule has 4 aromatic rings. The summed E-state index contributed by atoms with van der Waals surface area (Å²) < 4.78 is 5.42. The van der Waals surface area contributed by atoms with Crippen LogP contribution in [0.15, 0.2) is 65.3 Å². The molecule has 38 heavy (non-hydrogen) atoms. The Morgan fingerprint density at radius 2 is 1.89 bits per heavy atom. The molecule has 0 saturated heterocycles. The van der Waals surface area contributed by atoms with Gasteiger partial charge in [0.15, 0.2) is 5.82 Å². The number of hydrogen-bond acceptors (Lipinski definition) is 8. The molecule has 0 bridgehead atoms. The molecule has 2 aromatic carbocycles. The SMILES string of the molecule is CCCN1C(=O)c2ccc(Nc3cc(N[C@H](CO)c4ccccc4)c(-c4nc(C)no4)cn3)cc2C1(C)C. The first kappa shape index (κ1) is 25.4. The molecule has 196 valence electrons. The quantitative estimate of drug-likeness (QED) is 0.272. The van der Waals surface area contributed by atoms with Crippen LogP contribution in [-0.2, 0) is 5.54 Å². The van der Waals surface area contributed by atoms with Gasteiger partial charge in [0.2, 0.25) is 0 Å². The third-order valence-electron chi connectivity index (χ3n) is 6.92. The fraction of sp³-hybridized carbons (Fsp3) is 0.310. The number of aromatic nitrogens is 3. The first-order chi connectivity index (χ1) is 18.3. The van der Waals surface area contributed by atoms with Crippen molar-refractivity contribution in [1.82, 2.24) is 20.0 Å². The van der Waals surface area contributed by atoms with E-state index in [0.29, 0.717) is 35.3 Å². The molecular formula is C29H32N6O3. The van der Waals surface area contributed by atoms with Crippen LogP contribution in [0.3, 0.4) is 0 Å². The van der Waals surface area contributed by atoms with Crippen LogP contribution in [0.1, 0.15) is 60.5 Å². The van der Waals surface area contributed by atoms with Crippen LogP contribution < -0.4 is 10.6 Å². The topological polar surface area (TPSA) is 116 Å². The summed E-state index contributed by atoms with van der Waals surface area (Å²) in [5.74, 6) is 1.51. The van der Waals surface area contributed by atoms with Gasteiger partial charge in [-0.1, -0.05) is 42.4 Å². The van der Waals surface area contributed by atoms with Crippen molar-refractivity contribution in [2.75, 3.05) is 23.8 Å². The van der Waals surface area contributed by atoms with Gasteiger partial charge in [-0.25, -0.2) is 4.98 Å². The number of hydrogen-bond donors (Lipinski definition) is 3. The fourth-order valence-corrected chi connectivity index (χ4v) is 4.94. The second-order valence-electron chi connectivity index (χ2n) is 9.95. The highest BCUT2D eigenvalue weighted by Gasteiger charge is 2.42. The summed E-state index contributed by atoms with van der Waals surface area (Å²) in [6, 6.07) is 17.0. The van der Waals surface area contributed by atoms with Gasteiger partial charge in [-0.2, -0.15) is 4.98 Å². The van der Waals surface area contributed by atoms with E-state index in [2.05, 4.69) is 46.5 Å². The molecule has 3 N–H and O–H groups in total. The number of pyridine rings is 1. The number of benzene rings is 2. The number of aliphatic hydroxyl groups excluding tert-OH is 1. The number of aryl methyl sites for hydroxylation is 1. The molecule has 0 aliphatic carbocycles. The van der Waals surface area contributed by atoms with Crippen LogP contribution in [0.25, 0.3) is 11.5 Å². The number of anilines is 3. The predicted molar refractivity (Wildman–Crippen MR) is 146 cm³/mol. The molecule has 0 spiro atoms. The Labute approximate surface area is 221 Å². The van der Waals surface area contributed by atoms with Crippen LogP contribution in [0.4, 0.5) is 17.2 Å². The summed E-state index contributed by atoms with van der Waals surface area (Å²) in [6.07, 6.45) is 2.57. The normalized spacial score (nSPS) is 14.9. The Hall–Kier alpha value is -4.24. The fourth-order valence-electron chi connectivity index (χ4n) is 4.94. The number of aliphatic hydroxyl groups is 1. The zero-order chi connectivity index (χ0) is 26.9. The molecule has 9 nitrogen and oxygen atoms in total. The Bertz CT molecular complexity index is 1450. The second kappa shape index (κ2) is 10.3. The van der Waals surface area contributed by atoms with E-state index in [1.807, 2.05) is 59.5 Å². The van der Waals surface area contributed by atoms with Crippen molar-refractivity contribution in [2.45, 2.75) is 45.7 Å². The molecular weight excluding hydrogens is 480 g/mol. The Kier molecular flexibility index (Phi) is 6.86. The highest BCUT2D eigenvalue weighted by molar-refractivity contribution is 6.00. The van der Waals surface area contributed by atoms with E-state index in [1.165, 1.54) is 0 Å². The summed E-state index contributed by atoms with van der Waals surface area (Å²) in [6.45, 7) is 8.59. The summed E-state index contributed by atoms with van der Waals surface area (Å²) in [4.78, 5) is 23.9. The van der Waals surface area contributed by atoms with Crippen LogP contribution in [0.2, 0.25) is 0 Å². The smallest absolute Gasteiger partial charge is 0.261 e. The van der Waals surface area contributed by atoms with Crippen LogP contribution >= 0.6 is 0 Å². The summed E-state index contributed by atoms with van der Waals surface area (Å²) in [5, 5.41) is 20.9. The number of carbonyl (C=O) groups is 1. The van der Waals surface area contributed by atoms with Gasteiger partial charge in [0.25, 0.3) is 11.8 Å². The Balaban J connectivity index is 1.48. The number of nitrogens with zero attached hydrogens (tertiary/aromatic N) is 4. The van der Waals surface area contributed by atoms with Crippen molar-refractivity contribution in [1.29, 1.82) is 0 Å². The lowest BCUT2D eigenvalue weighted by molar-refractivity contribution is 0.0619. The van der Waals surface area contributed by atoms with E-state index in [-0.39, 0.29) is 18.6 Å². The average Bonchev–Trinajstić information content (AvgIpc) is 3.43. The van der Waals surface area contributed by atoms with E-state index in [4.69, 9.17) is 4.52 Å². The molecule has 5 rings (SSSR count). The molecule has 0 saturated carbocycles. The van der Waals surface area contributed by atoms with Crippen molar-refractivity contribution >= 4 is 23.1 Å². The number of fused-ring (bicyclic) bond motifs is 1. The second-order valence-corrected chi connectivity index (χ2v) is 9.95. The minimum Gasteiger partial charge on any atom is -0.394 e. The van der Waals surface area contributed by atoms with Crippen molar-refractivity contribution in [3.8, 4) is 11.5 Å². The largest absolute Gasteiger partial charge is 0.394 e. The highest BCUT2D eigenvalue weighted by Crippen LogP contribution is 2.40. The Morgan fingerprint density at radius 3 is 2.58 bits per heavy atom. The van der Waals surface area contributed by atoms with E-state index in [9.17, 15) is 9.90 Å². The first-order valence-corrected chi connectivity index (χ1v) is 12.8. The number of amides is 1. The van der Waals surface area contributed by atoms with Gasteiger partial charge in [0.05, 0.1) is 29.4 Å². The number of carbonyl (C=O) groups excluding carboxylic acids is 1. The van der Waals surface area contributed by atoms with Crippen LogP contribution in [0, 0.1) is 6.92 Å². The van der Waals surface area contributed by atoms with Gasteiger partial charge in [0.1, 0.15) is 5.82 Å². The van der Waals surface area contributed by atoms with Crippen molar-refractivity contribution in [3.63, 3.8) is 0 Å². The minimum atomic E-state index is -0.399. The molecule has 2 aromatic heterocycles. The summed E-state index contributed by atoms with van der Waals surface area (Å²) >= 11 is 0. The lowest BCUT2D eigenvalue weighted by Gasteiger charge is -2.32. The highest BCUT2D eigenvalue weighted by atomic mass is 16.5. The van der Waals surface area contributed by atoms with Crippen LogP contribution in [0.5, 0.6) is 0 Å². The maximum absolute atomic E-state index is 13.0. The molecule has 9 heteroatoms. The van der Waals surface area contributed by atoms with Crippen LogP contribution in [-0.4, -0.2) is 44.2 Å². The van der Waals surface area contributed by atoms with Crippen molar-refractivity contribution < 1.29 is 14.4 Å². The van der Waals surface area contributed by atoms with E-state index in [1.54, 1.807) is 13.1 Å². The average molecular weight is 513 g/mol. The van der Waals surface area contributed by atoms with Crippen molar-refractivity contribution in [3.05, 3.63) is 83.3 Å². The molecule has 1 amide bonds. The number of nitrogens with one attached hydrogen (secondary N) is 2. The van der Waals surface area contributed by atoms with E-state index < -0.39 is 5.54 Å². The summed E-state index contributed by atoms with van der Waals surface area (Å²) in [7, 11) is 0. The lowest BCUT2D eigenvalue weighted by atomic mass is 9.93. The monoisotopic (exact) mass is 512 g/mol. The van der Waals surface area contributed by atoms with Gasteiger partial charge in [-0.3, -0.25) is 4.79 Å². The standard InChI is InChI=1S/C29H32N6O3/c1-5-13-35-28(37)21-12-11-20(14-23(21)29(35,3)4)32-26-15-24(22(16-30-26)27-31-18(2)34-38-27)33-25(17-36)19-9-7-6-8-10-19/h6-12,14-16,25,36H,5,13,17H2,1-4H3,(H2,30,32,33)/t25-/m1/s1. The third kappa shape index (κ3) is 4.72. The van der Waals surface area contributed by atoms with Gasteiger partial charge in [0, 0.05) is 30.1 Å². The molecule has 3 heterocycles. The van der Waals surface area contributed by atoms with E-state index >= 15 is 0 Å². The maximum Gasteiger partial charge on any atom is 0.261 e. The molecule has 1 atom stereocenters. The zero-order valence-corrected chi connectivity index (χ0v) is 22.0. The lowest BCUT2D eigenvalue weighted by Crippen LogP contribution is -2.39. The number of rotatable bonds is 9. The van der Waals surface area contributed by atoms with Gasteiger partial charge < -0.3 is 25.2 Å². The molecule has 0 fully saturated rings. The summed E-state index contributed by atoms with van der Waals surface area (Å²) in [5.41, 5.74) is 4.40. The third-order valence-corrected chi connectivity index (χ3v) is 6.92. The van der Waals surface area contributed by atoms with Gasteiger partial charge in [-0.15, -0.1) is 0 Å². The zero-order valence-electron chi connectivity index (χ0n) is 22.0. The molecule has 1 aliphatic heterocycles. The van der Waals surface area contributed by atoms with E-state index in [0.717, 1.165) is 28.8 Å². The van der Waals surface area contributed by atoms with Gasteiger partial charge >= 0.3 is 0 Å².